The van der Waals surface area contributed by atoms with Gasteiger partial charge in [-0.3, -0.25) is 0 Å². The molecule has 1 fully saturated rings. The van der Waals surface area contributed by atoms with Gasteiger partial charge < -0.3 is 18.9 Å². The molecule has 0 radical (unpaired) electrons. The zero-order valence-corrected chi connectivity index (χ0v) is 20.8. The molecule has 3 rings (SSSR count). The van der Waals surface area contributed by atoms with Crippen molar-refractivity contribution in [1.29, 1.82) is 0 Å². The molecule has 1 aliphatic heterocycles. The predicted octanol–water partition coefficient (Wildman–Crippen LogP) is 1.80. The van der Waals surface area contributed by atoms with Crippen molar-refractivity contribution in [2.45, 2.75) is 22.8 Å². The first-order valence-electron chi connectivity index (χ1n) is 10.1. The molecule has 1 aliphatic rings. The first-order chi connectivity index (χ1) is 15.6. The minimum atomic E-state index is -3.98. The maximum absolute atomic E-state index is 13.4. The predicted molar refractivity (Wildman–Crippen MR) is 121 cm³/mol. The summed E-state index contributed by atoms with van der Waals surface area (Å²) in [5.41, 5.74) is 0. The summed E-state index contributed by atoms with van der Waals surface area (Å²) in [7, 11) is -2.29. The molecule has 0 N–H and O–H groups in total. The van der Waals surface area contributed by atoms with Crippen LogP contribution in [0, 0.1) is 0 Å². The first kappa shape index (κ1) is 25.1. The van der Waals surface area contributed by atoms with E-state index in [-0.39, 0.29) is 40.9 Å². The molecule has 0 amide bonds. The number of piperazine rings is 1. The van der Waals surface area contributed by atoms with Crippen molar-refractivity contribution in [1.82, 2.24) is 8.61 Å². The summed E-state index contributed by atoms with van der Waals surface area (Å²) in [6.07, 6.45) is 0. The summed E-state index contributed by atoms with van der Waals surface area (Å²) >= 11 is 0. The number of hydrogen-bond acceptors (Lipinski definition) is 8. The van der Waals surface area contributed by atoms with Gasteiger partial charge in [0.1, 0.15) is 32.8 Å². The number of methoxy groups -OCH3 is 4. The third kappa shape index (κ3) is 4.74. The highest BCUT2D eigenvalue weighted by Gasteiger charge is 2.40. The van der Waals surface area contributed by atoms with Gasteiger partial charge in [-0.2, -0.15) is 8.61 Å². The van der Waals surface area contributed by atoms with Crippen molar-refractivity contribution in [2.75, 3.05) is 48.1 Å². The van der Waals surface area contributed by atoms with Gasteiger partial charge in [-0.25, -0.2) is 16.8 Å². The summed E-state index contributed by atoms with van der Waals surface area (Å²) < 4.78 is 77.0. The maximum Gasteiger partial charge on any atom is 0.247 e. The quantitative estimate of drug-likeness (QED) is 0.540. The van der Waals surface area contributed by atoms with Crippen LogP contribution < -0.4 is 18.9 Å². The third-order valence-corrected chi connectivity index (χ3v) is 9.40. The fourth-order valence-corrected chi connectivity index (χ4v) is 7.19. The van der Waals surface area contributed by atoms with Crippen LogP contribution in [-0.4, -0.2) is 79.6 Å². The monoisotopic (exact) mass is 500 g/mol. The molecule has 182 valence electrons. The van der Waals surface area contributed by atoms with E-state index >= 15 is 0 Å². The molecule has 1 unspecified atom stereocenters. The van der Waals surface area contributed by atoms with Crippen LogP contribution in [0.1, 0.15) is 6.92 Å². The van der Waals surface area contributed by atoms with Crippen molar-refractivity contribution in [3.05, 3.63) is 36.4 Å². The molecule has 0 spiro atoms. The minimum Gasteiger partial charge on any atom is -0.497 e. The largest absolute Gasteiger partial charge is 0.497 e. The van der Waals surface area contributed by atoms with Crippen molar-refractivity contribution in [3.8, 4) is 23.0 Å². The smallest absolute Gasteiger partial charge is 0.247 e. The van der Waals surface area contributed by atoms with Crippen LogP contribution in [0.25, 0.3) is 0 Å². The molecule has 1 heterocycles. The molecule has 10 nitrogen and oxygen atoms in total. The van der Waals surface area contributed by atoms with Gasteiger partial charge in [-0.15, -0.1) is 0 Å². The summed E-state index contributed by atoms with van der Waals surface area (Å²) in [4.78, 5) is -0.0794. The first-order valence-corrected chi connectivity index (χ1v) is 12.9. The molecule has 2 aromatic rings. The highest BCUT2D eigenvalue weighted by Crippen LogP contribution is 2.35. The molecule has 2 aromatic carbocycles. The molecule has 12 heteroatoms. The highest BCUT2D eigenvalue weighted by atomic mass is 32.2. The molecule has 1 saturated heterocycles. The van der Waals surface area contributed by atoms with Gasteiger partial charge in [0, 0.05) is 37.8 Å². The Morgan fingerprint density at radius 2 is 1.21 bits per heavy atom. The van der Waals surface area contributed by atoms with Crippen LogP contribution in [0.15, 0.2) is 46.2 Å². The zero-order valence-electron chi connectivity index (χ0n) is 19.1. The fourth-order valence-electron chi connectivity index (χ4n) is 3.72. The van der Waals surface area contributed by atoms with E-state index in [9.17, 15) is 16.8 Å². The number of rotatable bonds is 8. The Morgan fingerprint density at radius 1 is 0.727 bits per heavy atom. The SMILES string of the molecule is COc1ccc(OC)c(S(=O)(=O)N2CCN(S(=O)(=O)c3cc(OC)ccc3OC)C(C)C2)c1. The normalized spacial score (nSPS) is 18.0. The number of hydrogen-bond donors (Lipinski definition) is 0. The lowest BCUT2D eigenvalue weighted by atomic mass is 10.3. The Balaban J connectivity index is 1.91. The molecular weight excluding hydrogens is 472 g/mol. The standard InChI is InChI=1S/C21H28N2O8S2/c1-15-14-22(32(24,25)20-12-16(28-2)6-8-18(20)30-4)10-11-23(15)33(26,27)21-13-17(29-3)7-9-19(21)31-5/h6-9,12-13,15H,10-11,14H2,1-5H3. The van der Waals surface area contributed by atoms with E-state index < -0.39 is 26.1 Å². The van der Waals surface area contributed by atoms with Crippen LogP contribution in [0.5, 0.6) is 23.0 Å². The van der Waals surface area contributed by atoms with Crippen LogP contribution >= 0.6 is 0 Å². The Morgan fingerprint density at radius 3 is 1.64 bits per heavy atom. The third-order valence-electron chi connectivity index (χ3n) is 5.48. The lowest BCUT2D eigenvalue weighted by Crippen LogP contribution is -2.55. The van der Waals surface area contributed by atoms with Gasteiger partial charge in [0.2, 0.25) is 20.0 Å². The Hall–Kier alpha value is -2.54. The van der Waals surface area contributed by atoms with Crippen LogP contribution in [0.4, 0.5) is 0 Å². The molecule has 0 bridgehead atoms. The Kier molecular flexibility index (Phi) is 7.42. The van der Waals surface area contributed by atoms with Gasteiger partial charge in [0.05, 0.1) is 28.4 Å². The van der Waals surface area contributed by atoms with Crippen molar-refractivity contribution in [3.63, 3.8) is 0 Å². The molecule has 33 heavy (non-hydrogen) atoms. The Labute approximate surface area is 194 Å². The number of ether oxygens (including phenoxy) is 4. The van der Waals surface area contributed by atoms with E-state index in [2.05, 4.69) is 0 Å². The van der Waals surface area contributed by atoms with Crippen molar-refractivity contribution in [2.24, 2.45) is 0 Å². The molecule has 1 atom stereocenters. The van der Waals surface area contributed by atoms with Crippen LogP contribution in [0.2, 0.25) is 0 Å². The minimum absolute atomic E-state index is 0.0292. The molecule has 0 saturated carbocycles. The Bertz CT molecular complexity index is 1210. The van der Waals surface area contributed by atoms with Crippen LogP contribution in [-0.2, 0) is 20.0 Å². The van der Waals surface area contributed by atoms with E-state index in [0.717, 1.165) is 0 Å². The van der Waals surface area contributed by atoms with Gasteiger partial charge >= 0.3 is 0 Å². The average Bonchev–Trinajstić information content (AvgIpc) is 2.82. The van der Waals surface area contributed by atoms with E-state index in [1.807, 2.05) is 0 Å². The molecule has 0 aliphatic carbocycles. The highest BCUT2D eigenvalue weighted by molar-refractivity contribution is 7.89. The summed E-state index contributed by atoms with van der Waals surface area (Å²) in [6, 6.07) is 8.40. The van der Waals surface area contributed by atoms with Gasteiger partial charge in [-0.05, 0) is 31.2 Å². The van der Waals surface area contributed by atoms with E-state index in [1.54, 1.807) is 19.1 Å². The zero-order chi connectivity index (χ0) is 24.4. The van der Waals surface area contributed by atoms with E-state index in [1.165, 1.54) is 61.3 Å². The topological polar surface area (TPSA) is 112 Å². The lowest BCUT2D eigenvalue weighted by Gasteiger charge is -2.38. The second-order valence-corrected chi connectivity index (χ2v) is 11.1. The summed E-state index contributed by atoms with van der Waals surface area (Å²) in [5, 5.41) is 0. The second-order valence-electron chi connectivity index (χ2n) is 7.36. The maximum atomic E-state index is 13.4. The van der Waals surface area contributed by atoms with E-state index in [0.29, 0.717) is 11.5 Å². The van der Waals surface area contributed by atoms with E-state index in [4.69, 9.17) is 18.9 Å². The number of nitrogens with zero attached hydrogens (tertiary/aromatic N) is 2. The lowest BCUT2D eigenvalue weighted by molar-refractivity contribution is 0.211. The van der Waals surface area contributed by atoms with Crippen molar-refractivity contribution >= 4 is 20.0 Å². The summed E-state index contributed by atoms with van der Waals surface area (Å²) in [5.74, 6) is 1.10. The number of benzene rings is 2. The van der Waals surface area contributed by atoms with Crippen molar-refractivity contribution < 1.29 is 35.8 Å². The molecular formula is C21H28N2O8S2. The summed E-state index contributed by atoms with van der Waals surface area (Å²) in [6.45, 7) is 1.57. The fraction of sp³-hybridized carbons (Fsp3) is 0.429. The van der Waals surface area contributed by atoms with Crippen LogP contribution in [0.3, 0.4) is 0 Å². The number of sulfonamides is 2. The van der Waals surface area contributed by atoms with Gasteiger partial charge in [-0.1, -0.05) is 0 Å². The second kappa shape index (κ2) is 9.75. The molecule has 0 aromatic heterocycles. The average molecular weight is 501 g/mol. The van der Waals surface area contributed by atoms with Gasteiger partial charge in [0.25, 0.3) is 0 Å². The van der Waals surface area contributed by atoms with Gasteiger partial charge in [0.15, 0.2) is 0 Å².